The number of hydrogen-bond donors (Lipinski definition) is 2. The fourth-order valence-corrected chi connectivity index (χ4v) is 1.84. The summed E-state index contributed by atoms with van der Waals surface area (Å²) in [6, 6.07) is 4.12. The summed E-state index contributed by atoms with van der Waals surface area (Å²) in [5.41, 5.74) is 7.96. The molecule has 1 aromatic carbocycles. The minimum Gasteiger partial charge on any atom is -0.396 e. The van der Waals surface area contributed by atoms with E-state index in [1.54, 1.807) is 6.33 Å². The van der Waals surface area contributed by atoms with E-state index < -0.39 is 5.82 Å². The van der Waals surface area contributed by atoms with Gasteiger partial charge in [0.05, 0.1) is 17.7 Å². The molecule has 0 radical (unpaired) electrons. The molecule has 2 aromatic rings. The van der Waals surface area contributed by atoms with E-state index in [9.17, 15) is 9.18 Å². The number of anilines is 2. The lowest BCUT2D eigenvalue weighted by Gasteiger charge is -2.08. The number of aryl methyl sites for hydroxylation is 2. The maximum Gasteiger partial charge on any atom is 0.226 e. The lowest BCUT2D eigenvalue weighted by molar-refractivity contribution is -0.116. The molecule has 0 aliphatic rings. The van der Waals surface area contributed by atoms with Gasteiger partial charge in [0.1, 0.15) is 5.82 Å². The number of nitrogens with zero attached hydrogens (tertiary/aromatic N) is 2. The fraction of sp³-hybridized carbons (Fsp3) is 0.286. The largest absolute Gasteiger partial charge is 0.396 e. The predicted octanol–water partition coefficient (Wildman–Crippen LogP) is 2.25. The molecule has 5 nitrogen and oxygen atoms in total. The van der Waals surface area contributed by atoms with Crippen LogP contribution in [0.25, 0.3) is 0 Å². The SMILES string of the molecule is Cc1ncn(CCC(=O)Nc2ccc(F)c(N)c2)c1C. The Kier molecular flexibility index (Phi) is 4.02. The van der Waals surface area contributed by atoms with Gasteiger partial charge in [-0.2, -0.15) is 0 Å². The van der Waals surface area contributed by atoms with Gasteiger partial charge in [-0.05, 0) is 32.0 Å². The molecule has 1 aromatic heterocycles. The highest BCUT2D eigenvalue weighted by molar-refractivity contribution is 5.91. The smallest absolute Gasteiger partial charge is 0.226 e. The van der Waals surface area contributed by atoms with Gasteiger partial charge < -0.3 is 15.6 Å². The minimum atomic E-state index is -0.493. The summed E-state index contributed by atoms with van der Waals surface area (Å²) in [6.45, 7) is 4.43. The molecule has 2 rings (SSSR count). The summed E-state index contributed by atoms with van der Waals surface area (Å²) in [5, 5.41) is 2.69. The quantitative estimate of drug-likeness (QED) is 0.841. The summed E-state index contributed by atoms with van der Waals surface area (Å²) in [5.74, 6) is -0.644. The van der Waals surface area contributed by atoms with E-state index in [1.165, 1.54) is 18.2 Å². The molecule has 0 saturated heterocycles. The number of carbonyl (C=O) groups excluding carboxylic acids is 1. The number of imidazole rings is 1. The van der Waals surface area contributed by atoms with Gasteiger partial charge in [-0.1, -0.05) is 0 Å². The first-order chi connectivity index (χ1) is 9.47. The van der Waals surface area contributed by atoms with Crippen LogP contribution in [0, 0.1) is 19.7 Å². The van der Waals surface area contributed by atoms with Gasteiger partial charge in [-0.3, -0.25) is 4.79 Å². The Balaban J connectivity index is 1.92. The molecule has 20 heavy (non-hydrogen) atoms. The molecule has 0 fully saturated rings. The van der Waals surface area contributed by atoms with Crippen LogP contribution in [-0.4, -0.2) is 15.5 Å². The van der Waals surface area contributed by atoms with Crippen molar-refractivity contribution in [2.24, 2.45) is 0 Å². The maximum atomic E-state index is 13.0. The van der Waals surface area contributed by atoms with Gasteiger partial charge in [0, 0.05) is 24.3 Å². The zero-order chi connectivity index (χ0) is 14.7. The third kappa shape index (κ3) is 3.14. The molecule has 0 unspecified atom stereocenters. The average Bonchev–Trinajstić information content (AvgIpc) is 2.72. The Hall–Kier alpha value is -2.37. The van der Waals surface area contributed by atoms with Crippen molar-refractivity contribution in [3.05, 3.63) is 41.7 Å². The second-order valence-electron chi connectivity index (χ2n) is 4.64. The van der Waals surface area contributed by atoms with Crippen LogP contribution in [0.4, 0.5) is 15.8 Å². The van der Waals surface area contributed by atoms with Gasteiger partial charge in [-0.25, -0.2) is 9.37 Å². The van der Waals surface area contributed by atoms with Crippen LogP contribution in [0.5, 0.6) is 0 Å². The number of benzene rings is 1. The zero-order valence-corrected chi connectivity index (χ0v) is 11.5. The number of nitrogens with two attached hydrogens (primary N) is 1. The van der Waals surface area contributed by atoms with E-state index in [-0.39, 0.29) is 11.6 Å². The van der Waals surface area contributed by atoms with Crippen LogP contribution < -0.4 is 11.1 Å². The molecule has 106 valence electrons. The normalized spacial score (nSPS) is 10.6. The number of nitrogens with one attached hydrogen (secondary N) is 1. The first-order valence-electron chi connectivity index (χ1n) is 6.30. The molecule has 0 bridgehead atoms. The second kappa shape index (κ2) is 5.73. The summed E-state index contributed by atoms with van der Waals surface area (Å²) < 4.78 is 14.9. The van der Waals surface area contributed by atoms with E-state index in [0.29, 0.717) is 18.7 Å². The van der Waals surface area contributed by atoms with E-state index in [0.717, 1.165) is 11.4 Å². The fourth-order valence-electron chi connectivity index (χ4n) is 1.84. The molecule has 0 aliphatic carbocycles. The highest BCUT2D eigenvalue weighted by Gasteiger charge is 2.07. The molecule has 1 amide bonds. The van der Waals surface area contributed by atoms with Crippen LogP contribution in [-0.2, 0) is 11.3 Å². The number of halogens is 1. The van der Waals surface area contributed by atoms with Crippen molar-refractivity contribution in [3.8, 4) is 0 Å². The highest BCUT2D eigenvalue weighted by atomic mass is 19.1. The molecular formula is C14H17FN4O. The van der Waals surface area contributed by atoms with Crippen molar-refractivity contribution >= 4 is 17.3 Å². The van der Waals surface area contributed by atoms with Crippen molar-refractivity contribution in [2.75, 3.05) is 11.1 Å². The third-order valence-corrected chi connectivity index (χ3v) is 3.20. The molecule has 1 heterocycles. The lowest BCUT2D eigenvalue weighted by atomic mass is 10.2. The standard InChI is InChI=1S/C14H17FN4O/c1-9-10(2)19(8-17-9)6-5-14(20)18-11-3-4-12(15)13(16)7-11/h3-4,7-8H,5-6,16H2,1-2H3,(H,18,20). The Bertz CT molecular complexity index is 636. The molecule has 0 spiro atoms. The molecule has 6 heteroatoms. The summed E-state index contributed by atoms with van der Waals surface area (Å²) >= 11 is 0. The third-order valence-electron chi connectivity index (χ3n) is 3.20. The summed E-state index contributed by atoms with van der Waals surface area (Å²) in [7, 11) is 0. The number of aromatic nitrogens is 2. The Morgan fingerprint density at radius 3 is 2.80 bits per heavy atom. The summed E-state index contributed by atoms with van der Waals surface area (Å²) in [6.07, 6.45) is 2.03. The molecule has 0 saturated carbocycles. The topological polar surface area (TPSA) is 72.9 Å². The minimum absolute atomic E-state index is 0.0175. The Morgan fingerprint density at radius 1 is 1.45 bits per heavy atom. The molecule has 0 atom stereocenters. The summed E-state index contributed by atoms with van der Waals surface area (Å²) in [4.78, 5) is 16.0. The van der Waals surface area contributed by atoms with Crippen molar-refractivity contribution in [2.45, 2.75) is 26.8 Å². The average molecular weight is 276 g/mol. The van der Waals surface area contributed by atoms with Gasteiger partial charge in [0.25, 0.3) is 0 Å². The van der Waals surface area contributed by atoms with Crippen LogP contribution >= 0.6 is 0 Å². The number of hydrogen-bond acceptors (Lipinski definition) is 3. The van der Waals surface area contributed by atoms with Crippen LogP contribution in [0.2, 0.25) is 0 Å². The Labute approximate surface area is 116 Å². The first kappa shape index (κ1) is 14.0. The van der Waals surface area contributed by atoms with Gasteiger partial charge >= 0.3 is 0 Å². The monoisotopic (exact) mass is 276 g/mol. The van der Waals surface area contributed by atoms with E-state index in [1.807, 2.05) is 18.4 Å². The van der Waals surface area contributed by atoms with Crippen LogP contribution in [0.1, 0.15) is 17.8 Å². The van der Waals surface area contributed by atoms with Crippen molar-refractivity contribution in [1.82, 2.24) is 9.55 Å². The van der Waals surface area contributed by atoms with Gasteiger partial charge in [0.2, 0.25) is 5.91 Å². The number of nitrogen functional groups attached to an aromatic ring is 1. The van der Waals surface area contributed by atoms with Crippen molar-refractivity contribution in [3.63, 3.8) is 0 Å². The van der Waals surface area contributed by atoms with Crippen molar-refractivity contribution in [1.29, 1.82) is 0 Å². The van der Waals surface area contributed by atoms with E-state index in [2.05, 4.69) is 10.3 Å². The van der Waals surface area contributed by atoms with Crippen molar-refractivity contribution < 1.29 is 9.18 Å². The highest BCUT2D eigenvalue weighted by Crippen LogP contribution is 2.16. The molecule has 0 aliphatic heterocycles. The number of rotatable bonds is 4. The lowest BCUT2D eigenvalue weighted by Crippen LogP contribution is -2.15. The zero-order valence-electron chi connectivity index (χ0n) is 11.5. The number of carbonyl (C=O) groups is 1. The molecule has 3 N–H and O–H groups in total. The van der Waals surface area contributed by atoms with Crippen LogP contribution in [0.3, 0.4) is 0 Å². The predicted molar refractivity (Wildman–Crippen MR) is 75.8 cm³/mol. The second-order valence-corrected chi connectivity index (χ2v) is 4.64. The van der Waals surface area contributed by atoms with Crippen LogP contribution in [0.15, 0.2) is 24.5 Å². The van der Waals surface area contributed by atoms with E-state index in [4.69, 9.17) is 5.73 Å². The van der Waals surface area contributed by atoms with Gasteiger partial charge in [-0.15, -0.1) is 0 Å². The first-order valence-corrected chi connectivity index (χ1v) is 6.30. The Morgan fingerprint density at radius 2 is 2.20 bits per heavy atom. The van der Waals surface area contributed by atoms with E-state index >= 15 is 0 Å². The number of amides is 1. The maximum absolute atomic E-state index is 13.0. The molecular weight excluding hydrogens is 259 g/mol. The van der Waals surface area contributed by atoms with Gasteiger partial charge in [0.15, 0.2) is 0 Å².